The zero-order valence-electron chi connectivity index (χ0n) is 24.5. The molecule has 2 aliphatic heterocycles. The molecule has 11 heteroatoms. The van der Waals surface area contributed by atoms with E-state index in [1.165, 1.54) is 0 Å². The second kappa shape index (κ2) is 13.4. The Morgan fingerprint density at radius 2 is 1.69 bits per heavy atom. The van der Waals surface area contributed by atoms with Gasteiger partial charge in [0, 0.05) is 30.5 Å². The normalized spacial score (nSPS) is 23.2. The predicted molar refractivity (Wildman–Crippen MR) is 155 cm³/mol. The third-order valence-corrected chi connectivity index (χ3v) is 8.64. The molecule has 1 aliphatic carbocycles. The molecule has 4 atom stereocenters. The highest BCUT2D eigenvalue weighted by Crippen LogP contribution is 2.33. The summed E-state index contributed by atoms with van der Waals surface area (Å²) < 4.78 is 16.4. The van der Waals surface area contributed by atoms with Crippen molar-refractivity contribution in [3.8, 4) is 0 Å². The number of ether oxygens (including phenoxy) is 2. The number of rotatable bonds is 13. The quantitative estimate of drug-likeness (QED) is 0.303. The molecule has 3 aliphatic rings. The van der Waals surface area contributed by atoms with Crippen LogP contribution in [0, 0.1) is 5.92 Å². The van der Waals surface area contributed by atoms with E-state index in [0.29, 0.717) is 50.8 Å². The van der Waals surface area contributed by atoms with Gasteiger partial charge in [-0.2, -0.15) is 0 Å². The van der Waals surface area contributed by atoms with Crippen LogP contribution in [0.15, 0.2) is 34.9 Å². The number of ketones is 1. The largest absolute Gasteiger partial charge is 0.464 e. The second-order valence-corrected chi connectivity index (χ2v) is 12.0. The van der Waals surface area contributed by atoms with E-state index < -0.39 is 35.5 Å². The van der Waals surface area contributed by atoms with Gasteiger partial charge in [0.1, 0.15) is 23.3 Å². The summed E-state index contributed by atoms with van der Waals surface area (Å²) in [5, 5.41) is 9.39. The van der Waals surface area contributed by atoms with Crippen molar-refractivity contribution in [2.75, 3.05) is 39.5 Å². The number of epoxide rings is 1. The number of amides is 3. The summed E-state index contributed by atoms with van der Waals surface area (Å²) in [7, 11) is 0. The summed E-state index contributed by atoms with van der Waals surface area (Å²) in [6, 6.07) is 4.91. The van der Waals surface area contributed by atoms with Gasteiger partial charge < -0.3 is 29.8 Å². The number of nitrogens with one attached hydrogen (secondary N) is 3. The number of fused-ring (bicyclic) bond motifs is 1. The van der Waals surface area contributed by atoms with Crippen molar-refractivity contribution in [1.82, 2.24) is 20.9 Å². The first kappa shape index (κ1) is 30.2. The summed E-state index contributed by atoms with van der Waals surface area (Å²) in [6.45, 7) is 6.28. The second-order valence-electron chi connectivity index (χ2n) is 12.0. The van der Waals surface area contributed by atoms with Crippen LogP contribution in [0.1, 0.15) is 51.5 Å². The molecule has 1 saturated carbocycles. The van der Waals surface area contributed by atoms with Crippen LogP contribution < -0.4 is 16.0 Å². The molecule has 5 rings (SSSR count). The minimum absolute atomic E-state index is 0.134. The van der Waals surface area contributed by atoms with Crippen LogP contribution in [0.25, 0.3) is 11.0 Å². The number of hydrogen-bond donors (Lipinski definition) is 3. The first-order chi connectivity index (χ1) is 20.2. The molecule has 2 aromatic rings. The number of morpholine rings is 1. The highest BCUT2D eigenvalue weighted by Gasteiger charge is 2.50. The summed E-state index contributed by atoms with van der Waals surface area (Å²) >= 11 is 0. The molecule has 3 heterocycles. The maximum absolute atomic E-state index is 13.8. The minimum Gasteiger partial charge on any atom is -0.464 e. The molecular weight excluding hydrogens is 540 g/mol. The molecule has 11 nitrogen and oxygen atoms in total. The van der Waals surface area contributed by atoms with Crippen molar-refractivity contribution in [2.24, 2.45) is 5.92 Å². The van der Waals surface area contributed by atoms with Crippen LogP contribution in [0.3, 0.4) is 0 Å². The van der Waals surface area contributed by atoms with Crippen LogP contribution in [0.2, 0.25) is 0 Å². The molecule has 228 valence electrons. The third kappa shape index (κ3) is 7.56. The van der Waals surface area contributed by atoms with Gasteiger partial charge in [-0.1, -0.05) is 43.9 Å². The Hall–Kier alpha value is -3.28. The molecule has 1 aromatic carbocycles. The fourth-order valence-corrected chi connectivity index (χ4v) is 5.93. The highest BCUT2D eigenvalue weighted by atomic mass is 16.6. The van der Waals surface area contributed by atoms with Gasteiger partial charge in [0.25, 0.3) is 0 Å². The number of para-hydroxylation sites is 1. The van der Waals surface area contributed by atoms with E-state index in [0.717, 1.165) is 36.6 Å². The Morgan fingerprint density at radius 1 is 1.00 bits per heavy atom. The lowest BCUT2D eigenvalue weighted by Crippen LogP contribution is -2.57. The lowest BCUT2D eigenvalue weighted by Gasteiger charge is -2.27. The van der Waals surface area contributed by atoms with Crippen molar-refractivity contribution < 1.29 is 33.1 Å². The maximum atomic E-state index is 13.8. The Morgan fingerprint density at radius 3 is 2.40 bits per heavy atom. The van der Waals surface area contributed by atoms with E-state index in [-0.39, 0.29) is 24.7 Å². The van der Waals surface area contributed by atoms with E-state index in [9.17, 15) is 19.2 Å². The SMILES string of the molecule is C[C@H](NC(=O)CN1CCOCC1)C(=O)N[C@@H](Cc1coc2ccccc12)C(=O)N[C@@H](CC1CCCC1)C(=O)[C@]1(C)CO1. The van der Waals surface area contributed by atoms with E-state index in [2.05, 4.69) is 16.0 Å². The molecule has 3 N–H and O–H groups in total. The monoisotopic (exact) mass is 582 g/mol. The predicted octanol–water partition coefficient (Wildman–Crippen LogP) is 1.72. The molecule has 0 bridgehead atoms. The summed E-state index contributed by atoms with van der Waals surface area (Å²) in [6.07, 6.45) is 6.59. The van der Waals surface area contributed by atoms with E-state index >= 15 is 0 Å². The molecule has 1 aromatic heterocycles. The van der Waals surface area contributed by atoms with Crippen molar-refractivity contribution in [3.63, 3.8) is 0 Å². The van der Waals surface area contributed by atoms with Gasteiger partial charge in [0.15, 0.2) is 5.78 Å². The van der Waals surface area contributed by atoms with Crippen molar-refractivity contribution >= 4 is 34.5 Å². The lowest BCUT2D eigenvalue weighted by molar-refractivity contribution is -0.134. The van der Waals surface area contributed by atoms with Crippen LogP contribution >= 0.6 is 0 Å². The number of furan rings is 1. The Bertz CT molecular complexity index is 1280. The summed E-state index contributed by atoms with van der Waals surface area (Å²) in [5.74, 6) is -1.00. The van der Waals surface area contributed by atoms with Crippen LogP contribution in [-0.2, 0) is 35.1 Å². The van der Waals surface area contributed by atoms with E-state index in [1.54, 1.807) is 20.1 Å². The minimum atomic E-state index is -0.996. The maximum Gasteiger partial charge on any atom is 0.243 e. The van der Waals surface area contributed by atoms with Crippen LogP contribution in [0.4, 0.5) is 0 Å². The number of nitrogens with zero attached hydrogens (tertiary/aromatic N) is 1. The van der Waals surface area contributed by atoms with Crippen molar-refractivity contribution in [3.05, 3.63) is 36.1 Å². The van der Waals surface area contributed by atoms with E-state index in [1.807, 2.05) is 29.2 Å². The topological polar surface area (TPSA) is 143 Å². The van der Waals surface area contributed by atoms with Crippen LogP contribution in [0.5, 0.6) is 0 Å². The van der Waals surface area contributed by atoms with Gasteiger partial charge in [-0.15, -0.1) is 0 Å². The first-order valence-electron chi connectivity index (χ1n) is 15.1. The molecule has 0 radical (unpaired) electrons. The average Bonchev–Trinajstić information content (AvgIpc) is 3.33. The van der Waals surface area contributed by atoms with Crippen molar-refractivity contribution in [2.45, 2.75) is 76.1 Å². The zero-order valence-corrected chi connectivity index (χ0v) is 24.5. The number of carbonyl (C=O) groups excluding carboxylic acids is 4. The molecule has 3 fully saturated rings. The van der Waals surface area contributed by atoms with Crippen molar-refractivity contribution in [1.29, 1.82) is 0 Å². The number of Topliss-reactive ketones (excluding diaryl/α,β-unsaturated/α-hetero) is 1. The van der Waals surface area contributed by atoms with Gasteiger partial charge in [0.05, 0.1) is 38.7 Å². The number of carbonyl (C=O) groups is 4. The molecular formula is C31H42N4O7. The van der Waals surface area contributed by atoms with E-state index in [4.69, 9.17) is 13.9 Å². The molecule has 0 spiro atoms. The smallest absolute Gasteiger partial charge is 0.243 e. The fraction of sp³-hybridized carbons (Fsp3) is 0.613. The third-order valence-electron chi connectivity index (χ3n) is 8.64. The standard InChI is InChI=1S/C31H42N4O7/c1-20(32-27(36)17-35-11-13-40-14-12-35)29(38)34-25(16-22-18-41-26-10-6-5-9-23(22)26)30(39)33-24(15-21-7-3-4-8-21)28(37)31(2)19-42-31/h5-6,9-10,18,20-21,24-25H,3-4,7-8,11-17,19H2,1-2H3,(H,32,36)(H,33,39)(H,34,38)/t20-,24-,25-,31-/m0/s1. The number of benzene rings is 1. The lowest BCUT2D eigenvalue weighted by atomic mass is 9.90. The zero-order chi connectivity index (χ0) is 29.7. The average molecular weight is 583 g/mol. The highest BCUT2D eigenvalue weighted by molar-refractivity contribution is 5.98. The molecule has 0 unspecified atom stereocenters. The van der Waals surface area contributed by atoms with Gasteiger partial charge in [0.2, 0.25) is 17.7 Å². The van der Waals surface area contributed by atoms with Gasteiger partial charge in [-0.25, -0.2) is 0 Å². The Kier molecular flexibility index (Phi) is 9.60. The number of hydrogen-bond acceptors (Lipinski definition) is 8. The Balaban J connectivity index is 1.29. The Labute approximate surface area is 246 Å². The first-order valence-corrected chi connectivity index (χ1v) is 15.1. The molecule has 3 amide bonds. The van der Waals surface area contributed by atoms with Gasteiger partial charge >= 0.3 is 0 Å². The summed E-state index contributed by atoms with van der Waals surface area (Å²) in [5.41, 5.74) is 0.552. The molecule has 2 saturated heterocycles. The fourth-order valence-electron chi connectivity index (χ4n) is 5.93. The van der Waals surface area contributed by atoms with Gasteiger partial charge in [-0.05, 0) is 32.3 Å². The van der Waals surface area contributed by atoms with Crippen LogP contribution in [-0.4, -0.2) is 91.6 Å². The summed E-state index contributed by atoms with van der Waals surface area (Å²) in [4.78, 5) is 55.1. The van der Waals surface area contributed by atoms with Gasteiger partial charge in [-0.3, -0.25) is 24.1 Å². The molecule has 42 heavy (non-hydrogen) atoms.